The van der Waals surface area contributed by atoms with Gasteiger partial charge < -0.3 is 10.4 Å². The molecule has 0 spiro atoms. The first kappa shape index (κ1) is 14.4. The van der Waals surface area contributed by atoms with Crippen molar-refractivity contribution in [3.05, 3.63) is 5.82 Å². The Morgan fingerprint density at radius 3 is 2.65 bits per heavy atom. The lowest BCUT2D eigenvalue weighted by Gasteiger charge is -2.12. The number of aliphatic hydroxyl groups excluding tert-OH is 1. The second-order valence-electron chi connectivity index (χ2n) is 5.53. The zero-order chi connectivity index (χ0) is 12.9. The lowest BCUT2D eigenvalue weighted by Crippen LogP contribution is -2.13. The Labute approximate surface area is 108 Å². The van der Waals surface area contributed by atoms with Crippen LogP contribution in [0.1, 0.15) is 46.4 Å². The predicted molar refractivity (Wildman–Crippen MR) is 72.6 cm³/mol. The average Bonchev–Trinajstić information content (AvgIpc) is 2.72. The fourth-order valence-electron chi connectivity index (χ4n) is 1.34. The number of hydrogen-bond acceptors (Lipinski definition) is 5. The van der Waals surface area contributed by atoms with Gasteiger partial charge in [-0.05, 0) is 18.8 Å². The second-order valence-corrected chi connectivity index (χ2v) is 6.28. The highest BCUT2D eigenvalue weighted by molar-refractivity contribution is 7.09. The minimum absolute atomic E-state index is 0.0157. The summed E-state index contributed by atoms with van der Waals surface area (Å²) in [4.78, 5) is 4.47. The van der Waals surface area contributed by atoms with Crippen molar-refractivity contribution in [2.75, 3.05) is 18.5 Å². The Morgan fingerprint density at radius 2 is 2.12 bits per heavy atom. The van der Waals surface area contributed by atoms with Gasteiger partial charge in [0, 0.05) is 30.1 Å². The van der Waals surface area contributed by atoms with Gasteiger partial charge in [0.2, 0.25) is 5.13 Å². The molecule has 0 fully saturated rings. The molecule has 5 heteroatoms. The van der Waals surface area contributed by atoms with Gasteiger partial charge in [0.1, 0.15) is 5.82 Å². The Hall–Kier alpha value is -0.680. The minimum Gasteiger partial charge on any atom is -0.396 e. The van der Waals surface area contributed by atoms with E-state index in [-0.39, 0.29) is 12.0 Å². The third kappa shape index (κ3) is 5.00. The molecule has 0 aliphatic carbocycles. The molecule has 0 aliphatic heterocycles. The number of aromatic nitrogens is 2. The zero-order valence-corrected chi connectivity index (χ0v) is 12.0. The predicted octanol–water partition coefficient (Wildman–Crippen LogP) is 2.66. The van der Waals surface area contributed by atoms with Gasteiger partial charge in [0.25, 0.3) is 0 Å². The van der Waals surface area contributed by atoms with Crippen molar-refractivity contribution in [1.82, 2.24) is 9.36 Å². The van der Waals surface area contributed by atoms with Gasteiger partial charge in [-0.1, -0.05) is 27.7 Å². The highest BCUT2D eigenvalue weighted by Crippen LogP contribution is 2.22. The number of rotatable bonds is 6. The number of hydrogen-bond donors (Lipinski definition) is 2. The van der Waals surface area contributed by atoms with Crippen LogP contribution in [0.2, 0.25) is 0 Å². The number of nitrogens with zero attached hydrogens (tertiary/aromatic N) is 2. The van der Waals surface area contributed by atoms with Crippen molar-refractivity contribution in [3.63, 3.8) is 0 Å². The van der Waals surface area contributed by atoms with E-state index in [1.54, 1.807) is 0 Å². The summed E-state index contributed by atoms with van der Waals surface area (Å²) in [6, 6.07) is 0. The molecule has 0 aliphatic rings. The second kappa shape index (κ2) is 6.31. The molecular weight excluding hydrogens is 234 g/mol. The molecule has 98 valence electrons. The summed E-state index contributed by atoms with van der Waals surface area (Å²) in [7, 11) is 0. The van der Waals surface area contributed by atoms with Crippen molar-refractivity contribution in [2.24, 2.45) is 5.92 Å². The monoisotopic (exact) mass is 257 g/mol. The summed E-state index contributed by atoms with van der Waals surface area (Å²) in [5.74, 6) is 1.28. The van der Waals surface area contributed by atoms with E-state index in [1.807, 2.05) is 0 Å². The Kier molecular flexibility index (Phi) is 5.33. The zero-order valence-electron chi connectivity index (χ0n) is 11.2. The van der Waals surface area contributed by atoms with Crippen molar-refractivity contribution < 1.29 is 5.11 Å². The van der Waals surface area contributed by atoms with Crippen LogP contribution in [0.25, 0.3) is 0 Å². The molecule has 1 heterocycles. The molecule has 1 atom stereocenters. The van der Waals surface area contributed by atoms with E-state index in [1.165, 1.54) is 11.5 Å². The molecule has 1 rings (SSSR count). The Bertz CT molecular complexity index is 333. The van der Waals surface area contributed by atoms with Crippen LogP contribution in [0.5, 0.6) is 0 Å². The summed E-state index contributed by atoms with van der Waals surface area (Å²) in [6.07, 6.45) is 2.08. The van der Waals surface area contributed by atoms with E-state index in [4.69, 9.17) is 5.11 Å². The lowest BCUT2D eigenvalue weighted by atomic mass is 9.96. The molecule has 0 bridgehead atoms. The fraction of sp³-hybridized carbons (Fsp3) is 0.833. The maximum atomic E-state index is 8.90. The third-order valence-electron chi connectivity index (χ3n) is 2.56. The van der Waals surface area contributed by atoms with Crippen LogP contribution in [-0.4, -0.2) is 27.6 Å². The summed E-state index contributed by atoms with van der Waals surface area (Å²) < 4.78 is 4.35. The van der Waals surface area contributed by atoms with E-state index in [0.29, 0.717) is 5.92 Å². The average molecular weight is 257 g/mol. The Balaban J connectivity index is 2.31. The highest BCUT2D eigenvalue weighted by atomic mass is 32.1. The van der Waals surface area contributed by atoms with Crippen molar-refractivity contribution in [2.45, 2.75) is 46.0 Å². The highest BCUT2D eigenvalue weighted by Gasteiger charge is 2.19. The normalized spacial score (nSPS) is 13.7. The van der Waals surface area contributed by atoms with Gasteiger partial charge in [-0.25, -0.2) is 4.98 Å². The van der Waals surface area contributed by atoms with Crippen LogP contribution in [0.4, 0.5) is 5.13 Å². The summed E-state index contributed by atoms with van der Waals surface area (Å²) in [6.45, 7) is 9.56. The van der Waals surface area contributed by atoms with Crippen molar-refractivity contribution in [3.8, 4) is 0 Å². The summed E-state index contributed by atoms with van der Waals surface area (Å²) >= 11 is 1.42. The van der Waals surface area contributed by atoms with E-state index in [9.17, 15) is 0 Å². The topological polar surface area (TPSA) is 58.0 Å². The van der Waals surface area contributed by atoms with E-state index < -0.39 is 0 Å². The van der Waals surface area contributed by atoms with Gasteiger partial charge >= 0.3 is 0 Å². The lowest BCUT2D eigenvalue weighted by molar-refractivity contribution is 0.229. The molecule has 0 saturated heterocycles. The molecular formula is C12H23N3OS. The smallest absolute Gasteiger partial charge is 0.202 e. The first-order valence-corrected chi connectivity index (χ1v) is 6.89. The Morgan fingerprint density at radius 1 is 1.41 bits per heavy atom. The first-order valence-electron chi connectivity index (χ1n) is 6.12. The number of nitrogens with one attached hydrogen (secondary N) is 1. The van der Waals surface area contributed by atoms with Crippen LogP contribution >= 0.6 is 11.5 Å². The number of aliphatic hydroxyl groups is 1. The molecule has 1 aromatic heterocycles. The van der Waals surface area contributed by atoms with E-state index in [2.05, 4.69) is 42.4 Å². The quantitative estimate of drug-likeness (QED) is 0.769. The fourth-order valence-corrected chi connectivity index (χ4v) is 2.12. The van der Waals surface area contributed by atoms with Crippen LogP contribution in [-0.2, 0) is 5.41 Å². The van der Waals surface area contributed by atoms with Crippen molar-refractivity contribution in [1.29, 1.82) is 0 Å². The third-order valence-corrected chi connectivity index (χ3v) is 3.23. The first-order chi connectivity index (χ1) is 7.93. The molecule has 0 amide bonds. The van der Waals surface area contributed by atoms with Crippen LogP contribution in [0, 0.1) is 5.92 Å². The minimum atomic E-state index is 0.0157. The molecule has 2 N–H and O–H groups in total. The van der Waals surface area contributed by atoms with Crippen LogP contribution in [0.15, 0.2) is 0 Å². The maximum absolute atomic E-state index is 8.90. The summed E-state index contributed by atoms with van der Waals surface area (Å²) in [5, 5.41) is 13.1. The molecule has 4 nitrogen and oxygen atoms in total. The molecule has 0 aromatic carbocycles. The van der Waals surface area contributed by atoms with Gasteiger partial charge in [-0.3, -0.25) is 0 Å². The van der Waals surface area contributed by atoms with Gasteiger partial charge in [0.15, 0.2) is 0 Å². The van der Waals surface area contributed by atoms with E-state index >= 15 is 0 Å². The van der Waals surface area contributed by atoms with Gasteiger partial charge in [0.05, 0.1) is 0 Å². The van der Waals surface area contributed by atoms with Gasteiger partial charge in [-0.2, -0.15) is 4.37 Å². The number of anilines is 1. The summed E-state index contributed by atoms with van der Waals surface area (Å²) in [5.41, 5.74) is 0.0157. The van der Waals surface area contributed by atoms with E-state index in [0.717, 1.165) is 30.3 Å². The van der Waals surface area contributed by atoms with Crippen LogP contribution < -0.4 is 5.32 Å². The van der Waals surface area contributed by atoms with Crippen LogP contribution in [0.3, 0.4) is 0 Å². The molecule has 0 saturated carbocycles. The molecule has 1 unspecified atom stereocenters. The maximum Gasteiger partial charge on any atom is 0.202 e. The van der Waals surface area contributed by atoms with Crippen molar-refractivity contribution >= 4 is 16.7 Å². The molecule has 0 radical (unpaired) electrons. The van der Waals surface area contributed by atoms with Gasteiger partial charge in [-0.15, -0.1) is 0 Å². The largest absolute Gasteiger partial charge is 0.396 e. The SMILES string of the molecule is CC(CO)CCCNc1nc(C(C)(C)C)ns1. The standard InChI is InChI=1S/C12H23N3OS/c1-9(8-16)6-5-7-13-11-14-10(15-17-11)12(2,3)4/h9,16H,5-8H2,1-4H3,(H,13,14,15). The molecule has 1 aromatic rings. The molecule has 17 heavy (non-hydrogen) atoms.